The Bertz CT molecular complexity index is 1250. The lowest BCUT2D eigenvalue weighted by Gasteiger charge is -2.28. The van der Waals surface area contributed by atoms with E-state index in [4.69, 9.17) is 9.15 Å². The average Bonchev–Trinajstić information content (AvgIpc) is 2.72. The largest absolute Gasteiger partial charge is 0.482 e. The van der Waals surface area contributed by atoms with Crippen LogP contribution >= 0.6 is 0 Å². The molecule has 0 fully saturated rings. The van der Waals surface area contributed by atoms with Crippen molar-refractivity contribution in [1.82, 2.24) is 5.43 Å². The number of fused-ring (bicyclic) bond motifs is 2. The Morgan fingerprint density at radius 2 is 1.93 bits per heavy atom. The summed E-state index contributed by atoms with van der Waals surface area (Å²) in [5.41, 5.74) is 1.98. The van der Waals surface area contributed by atoms with Gasteiger partial charge in [0.15, 0.2) is 6.61 Å². The summed E-state index contributed by atoms with van der Waals surface area (Å²) in [4.78, 5) is 37.7. The van der Waals surface area contributed by atoms with Crippen LogP contribution in [0.4, 0.5) is 14.5 Å². The average molecular weight is 413 g/mol. The van der Waals surface area contributed by atoms with E-state index in [9.17, 15) is 23.2 Å². The fourth-order valence-corrected chi connectivity index (χ4v) is 2.91. The quantitative estimate of drug-likeness (QED) is 0.521. The van der Waals surface area contributed by atoms with Crippen molar-refractivity contribution in [3.8, 4) is 5.75 Å². The van der Waals surface area contributed by atoms with E-state index < -0.39 is 35.4 Å². The van der Waals surface area contributed by atoms with Gasteiger partial charge in [0.05, 0.1) is 22.9 Å². The fraction of sp³-hybridized carbons (Fsp3) is 0.100. The standard InChI is InChI=1S/C20H13F2N3O5/c21-12-1-3-16-14(5-12)20(28)11(9-29-16)7-23-24-18(26)8-25-15-6-13(22)2-4-17(15)30-10-19(25)27/h1-7,9H,8,10H2,(H,24,26)/b23-7+. The maximum absolute atomic E-state index is 13.5. The van der Waals surface area contributed by atoms with Crippen molar-refractivity contribution in [2.45, 2.75) is 0 Å². The number of hydrogen-bond donors (Lipinski definition) is 1. The van der Waals surface area contributed by atoms with Gasteiger partial charge < -0.3 is 9.15 Å². The van der Waals surface area contributed by atoms with Crippen LogP contribution < -0.4 is 20.5 Å². The van der Waals surface area contributed by atoms with E-state index in [1.54, 1.807) is 0 Å². The molecule has 0 spiro atoms. The molecule has 2 aromatic carbocycles. The van der Waals surface area contributed by atoms with Crippen molar-refractivity contribution in [2.24, 2.45) is 5.10 Å². The molecule has 8 nitrogen and oxygen atoms in total. The first-order valence-corrected chi connectivity index (χ1v) is 8.68. The molecule has 4 rings (SSSR count). The SMILES string of the molecule is O=C(CN1C(=O)COc2ccc(F)cc21)N/N=C/c1coc2ccc(F)cc2c1=O. The number of anilines is 1. The maximum Gasteiger partial charge on any atom is 0.265 e. The minimum Gasteiger partial charge on any atom is -0.482 e. The summed E-state index contributed by atoms with van der Waals surface area (Å²) >= 11 is 0. The Hall–Kier alpha value is -4.08. The van der Waals surface area contributed by atoms with E-state index in [1.807, 2.05) is 0 Å². The summed E-state index contributed by atoms with van der Waals surface area (Å²) in [6, 6.07) is 7.16. The number of nitrogens with one attached hydrogen (secondary N) is 1. The molecule has 0 aliphatic carbocycles. The van der Waals surface area contributed by atoms with Gasteiger partial charge >= 0.3 is 0 Å². The first-order valence-electron chi connectivity index (χ1n) is 8.68. The van der Waals surface area contributed by atoms with Gasteiger partial charge in [-0.3, -0.25) is 19.3 Å². The van der Waals surface area contributed by atoms with Crippen LogP contribution in [0.2, 0.25) is 0 Å². The van der Waals surface area contributed by atoms with Gasteiger partial charge in [-0.1, -0.05) is 0 Å². The normalized spacial score (nSPS) is 13.4. The van der Waals surface area contributed by atoms with Crippen molar-refractivity contribution < 1.29 is 27.5 Å². The molecule has 1 aliphatic rings. The van der Waals surface area contributed by atoms with Gasteiger partial charge in [0, 0.05) is 6.07 Å². The molecule has 3 aromatic rings. The molecular weight excluding hydrogens is 400 g/mol. The summed E-state index contributed by atoms with van der Waals surface area (Å²) < 4.78 is 37.3. The highest BCUT2D eigenvalue weighted by atomic mass is 19.1. The molecule has 0 bridgehead atoms. The van der Waals surface area contributed by atoms with Crippen LogP contribution in [-0.4, -0.2) is 31.2 Å². The van der Waals surface area contributed by atoms with Gasteiger partial charge in [-0.25, -0.2) is 14.2 Å². The Morgan fingerprint density at radius 3 is 2.77 bits per heavy atom. The molecular formula is C20H13F2N3O5. The van der Waals surface area contributed by atoms with Crippen LogP contribution in [-0.2, 0) is 9.59 Å². The van der Waals surface area contributed by atoms with Crippen molar-refractivity contribution in [3.05, 3.63) is 70.1 Å². The molecule has 1 N–H and O–H groups in total. The van der Waals surface area contributed by atoms with Crippen LogP contribution in [0.25, 0.3) is 11.0 Å². The highest BCUT2D eigenvalue weighted by molar-refractivity contribution is 6.02. The first-order chi connectivity index (χ1) is 14.4. The Kier molecular flexibility index (Phi) is 4.97. The molecule has 0 atom stereocenters. The van der Waals surface area contributed by atoms with E-state index in [2.05, 4.69) is 10.5 Å². The number of ether oxygens (including phenoxy) is 1. The van der Waals surface area contributed by atoms with E-state index in [1.165, 1.54) is 18.2 Å². The van der Waals surface area contributed by atoms with Gasteiger partial charge in [-0.2, -0.15) is 5.10 Å². The summed E-state index contributed by atoms with van der Waals surface area (Å²) in [6.07, 6.45) is 2.17. The third kappa shape index (κ3) is 3.75. The van der Waals surface area contributed by atoms with Gasteiger partial charge in [-0.05, 0) is 30.3 Å². The van der Waals surface area contributed by atoms with Crippen molar-refractivity contribution in [1.29, 1.82) is 0 Å². The van der Waals surface area contributed by atoms with E-state index in [0.29, 0.717) is 0 Å². The number of carbonyl (C=O) groups excluding carboxylic acids is 2. The zero-order valence-electron chi connectivity index (χ0n) is 15.2. The highest BCUT2D eigenvalue weighted by Crippen LogP contribution is 2.32. The third-order valence-electron chi connectivity index (χ3n) is 4.32. The second-order valence-electron chi connectivity index (χ2n) is 6.33. The lowest BCUT2D eigenvalue weighted by atomic mass is 10.2. The minimum absolute atomic E-state index is 0.0109. The molecule has 2 amide bonds. The molecule has 1 aliphatic heterocycles. The number of benzene rings is 2. The predicted molar refractivity (Wildman–Crippen MR) is 102 cm³/mol. The minimum atomic E-state index is -0.687. The summed E-state index contributed by atoms with van der Waals surface area (Å²) in [6.45, 7) is -0.725. The van der Waals surface area contributed by atoms with Gasteiger partial charge in [-0.15, -0.1) is 0 Å². The van der Waals surface area contributed by atoms with Crippen LogP contribution in [0.1, 0.15) is 5.56 Å². The highest BCUT2D eigenvalue weighted by Gasteiger charge is 2.27. The monoisotopic (exact) mass is 413 g/mol. The zero-order valence-corrected chi connectivity index (χ0v) is 15.2. The van der Waals surface area contributed by atoms with Crippen LogP contribution in [0, 0.1) is 11.6 Å². The predicted octanol–water partition coefficient (Wildman–Crippen LogP) is 1.95. The van der Waals surface area contributed by atoms with Crippen molar-refractivity contribution in [3.63, 3.8) is 0 Å². The zero-order chi connectivity index (χ0) is 21.3. The molecule has 30 heavy (non-hydrogen) atoms. The van der Waals surface area contributed by atoms with Gasteiger partial charge in [0.1, 0.15) is 35.8 Å². The molecule has 0 saturated carbocycles. The second-order valence-corrected chi connectivity index (χ2v) is 6.33. The number of hydrogen-bond acceptors (Lipinski definition) is 6. The molecule has 0 radical (unpaired) electrons. The number of amides is 2. The van der Waals surface area contributed by atoms with Gasteiger partial charge in [0.25, 0.3) is 11.8 Å². The molecule has 0 unspecified atom stereocenters. The smallest absolute Gasteiger partial charge is 0.265 e. The van der Waals surface area contributed by atoms with E-state index >= 15 is 0 Å². The Labute approximate surface area is 167 Å². The summed E-state index contributed by atoms with van der Waals surface area (Å²) in [7, 11) is 0. The number of halogens is 2. The molecule has 152 valence electrons. The summed E-state index contributed by atoms with van der Waals surface area (Å²) in [5.74, 6) is -2.12. The van der Waals surface area contributed by atoms with Crippen LogP contribution in [0.5, 0.6) is 5.75 Å². The lowest BCUT2D eigenvalue weighted by molar-refractivity contribution is -0.125. The van der Waals surface area contributed by atoms with Crippen LogP contribution in [0.3, 0.4) is 0 Å². The topological polar surface area (TPSA) is 101 Å². The van der Waals surface area contributed by atoms with E-state index in [0.717, 1.165) is 35.6 Å². The molecule has 10 heteroatoms. The van der Waals surface area contributed by atoms with E-state index in [-0.39, 0.29) is 34.6 Å². The van der Waals surface area contributed by atoms with Crippen LogP contribution in [0.15, 0.2) is 57.0 Å². The maximum atomic E-state index is 13.5. The Morgan fingerprint density at radius 1 is 1.17 bits per heavy atom. The molecule has 1 aromatic heterocycles. The fourth-order valence-electron chi connectivity index (χ4n) is 2.91. The Balaban J connectivity index is 1.48. The number of nitrogens with zero attached hydrogens (tertiary/aromatic N) is 2. The molecule has 2 heterocycles. The van der Waals surface area contributed by atoms with Gasteiger partial charge in [0.2, 0.25) is 5.43 Å². The van der Waals surface area contributed by atoms with Crippen molar-refractivity contribution >= 4 is 34.7 Å². The third-order valence-corrected chi connectivity index (χ3v) is 4.32. The second kappa shape index (κ2) is 7.74. The number of rotatable bonds is 4. The number of hydrazone groups is 1. The lowest BCUT2D eigenvalue weighted by Crippen LogP contribution is -2.44. The molecule has 0 saturated heterocycles. The summed E-state index contributed by atoms with van der Waals surface area (Å²) in [5, 5.41) is 3.70. The van der Waals surface area contributed by atoms with Crippen molar-refractivity contribution in [2.75, 3.05) is 18.1 Å². The number of carbonyl (C=O) groups is 2. The first kappa shape index (κ1) is 19.2.